The Hall–Kier alpha value is -0.400. The predicted octanol–water partition coefficient (Wildman–Crippen LogP) is 4.00. The van der Waals surface area contributed by atoms with E-state index in [0.717, 1.165) is 24.2 Å². The van der Waals surface area contributed by atoms with Crippen LogP contribution in [-0.4, -0.2) is 12.5 Å². The van der Waals surface area contributed by atoms with Gasteiger partial charge in [-0.2, -0.15) is 0 Å². The van der Waals surface area contributed by atoms with Crippen LogP contribution in [0.1, 0.15) is 24.5 Å². The molecule has 3 heteroatoms. The summed E-state index contributed by atoms with van der Waals surface area (Å²) in [4.78, 5) is 0. The lowest BCUT2D eigenvalue weighted by atomic mass is 10.0. The van der Waals surface area contributed by atoms with E-state index in [1.54, 1.807) is 0 Å². The second-order valence-corrected chi connectivity index (χ2v) is 3.90. The van der Waals surface area contributed by atoms with Gasteiger partial charge in [0.15, 0.2) is 0 Å². The molecule has 1 aromatic rings. The van der Waals surface area contributed by atoms with Crippen molar-refractivity contribution in [2.75, 3.05) is 12.5 Å². The van der Waals surface area contributed by atoms with Crippen LogP contribution < -0.4 is 4.74 Å². The van der Waals surface area contributed by atoms with E-state index in [4.69, 9.17) is 27.9 Å². The molecule has 0 spiro atoms. The third-order valence-electron chi connectivity index (χ3n) is 2.23. The number of ether oxygens (including phenoxy) is 1. The standard InChI is InChI=1S/C12H16Cl2O/c1-2-15-12-7-3-5-10(9-14)11(12)6-4-8-13/h3,5,7H,2,4,6,8-9H2,1H3. The van der Waals surface area contributed by atoms with Crippen LogP contribution >= 0.6 is 23.2 Å². The Morgan fingerprint density at radius 3 is 2.67 bits per heavy atom. The van der Waals surface area contributed by atoms with E-state index in [0.29, 0.717) is 18.4 Å². The Bertz CT molecular complexity index is 300. The van der Waals surface area contributed by atoms with E-state index < -0.39 is 0 Å². The Labute approximate surface area is 101 Å². The van der Waals surface area contributed by atoms with Crippen molar-refractivity contribution >= 4 is 23.2 Å². The second-order valence-electron chi connectivity index (χ2n) is 3.25. The number of hydrogen-bond donors (Lipinski definition) is 0. The summed E-state index contributed by atoms with van der Waals surface area (Å²) in [5, 5.41) is 0. The van der Waals surface area contributed by atoms with Crippen molar-refractivity contribution < 1.29 is 4.74 Å². The van der Waals surface area contributed by atoms with Gasteiger partial charge in [-0.3, -0.25) is 0 Å². The molecular formula is C12H16Cl2O. The first-order valence-corrected chi connectivity index (χ1v) is 6.25. The fourth-order valence-electron chi connectivity index (χ4n) is 1.55. The zero-order valence-electron chi connectivity index (χ0n) is 8.93. The largest absolute Gasteiger partial charge is 0.494 e. The van der Waals surface area contributed by atoms with E-state index in [-0.39, 0.29) is 0 Å². The molecule has 0 radical (unpaired) electrons. The number of benzene rings is 1. The van der Waals surface area contributed by atoms with Crippen LogP contribution in [0.4, 0.5) is 0 Å². The number of rotatable bonds is 6. The number of halogens is 2. The molecule has 0 unspecified atom stereocenters. The van der Waals surface area contributed by atoms with E-state index >= 15 is 0 Å². The Morgan fingerprint density at radius 1 is 1.27 bits per heavy atom. The third kappa shape index (κ3) is 3.58. The summed E-state index contributed by atoms with van der Waals surface area (Å²) in [7, 11) is 0. The molecule has 0 atom stereocenters. The molecule has 0 aromatic heterocycles. The SMILES string of the molecule is CCOc1cccc(CCl)c1CCCCl. The van der Waals surface area contributed by atoms with Crippen molar-refractivity contribution in [1.82, 2.24) is 0 Å². The monoisotopic (exact) mass is 246 g/mol. The molecule has 1 nitrogen and oxygen atoms in total. The van der Waals surface area contributed by atoms with E-state index in [1.165, 1.54) is 5.56 Å². The van der Waals surface area contributed by atoms with Crippen molar-refractivity contribution in [2.24, 2.45) is 0 Å². The molecule has 84 valence electrons. The minimum atomic E-state index is 0.526. The van der Waals surface area contributed by atoms with Crippen molar-refractivity contribution in [2.45, 2.75) is 25.6 Å². The zero-order valence-corrected chi connectivity index (χ0v) is 10.4. The summed E-state index contributed by atoms with van der Waals surface area (Å²) in [5.41, 5.74) is 2.35. The minimum absolute atomic E-state index is 0.526. The highest BCUT2D eigenvalue weighted by atomic mass is 35.5. The first-order chi connectivity index (χ1) is 7.33. The first kappa shape index (κ1) is 12.7. The lowest BCUT2D eigenvalue weighted by molar-refractivity contribution is 0.336. The summed E-state index contributed by atoms with van der Waals surface area (Å²) in [5.74, 6) is 2.14. The molecule has 0 amide bonds. The zero-order chi connectivity index (χ0) is 11.1. The summed E-state index contributed by atoms with van der Waals surface area (Å²) in [6.45, 7) is 2.66. The average Bonchev–Trinajstić information content (AvgIpc) is 2.27. The van der Waals surface area contributed by atoms with Crippen LogP contribution in [0, 0.1) is 0 Å². The molecule has 0 aliphatic heterocycles. The maximum absolute atomic E-state index is 5.89. The average molecular weight is 247 g/mol. The van der Waals surface area contributed by atoms with Gasteiger partial charge in [0.2, 0.25) is 0 Å². The van der Waals surface area contributed by atoms with Crippen LogP contribution in [0.2, 0.25) is 0 Å². The fourth-order valence-corrected chi connectivity index (χ4v) is 1.94. The quantitative estimate of drug-likeness (QED) is 0.690. The van der Waals surface area contributed by atoms with E-state index in [9.17, 15) is 0 Å². The maximum Gasteiger partial charge on any atom is 0.122 e. The highest BCUT2D eigenvalue weighted by Crippen LogP contribution is 2.25. The van der Waals surface area contributed by atoms with Gasteiger partial charge < -0.3 is 4.74 Å². The third-order valence-corrected chi connectivity index (χ3v) is 2.79. The van der Waals surface area contributed by atoms with Gasteiger partial charge in [-0.1, -0.05) is 12.1 Å². The van der Waals surface area contributed by atoms with Gasteiger partial charge in [0.25, 0.3) is 0 Å². The topological polar surface area (TPSA) is 9.23 Å². The number of alkyl halides is 2. The summed E-state index contributed by atoms with van der Waals surface area (Å²) >= 11 is 11.6. The Balaban J connectivity index is 2.92. The van der Waals surface area contributed by atoms with Crippen LogP contribution in [-0.2, 0) is 12.3 Å². The lowest BCUT2D eigenvalue weighted by Gasteiger charge is -2.13. The maximum atomic E-state index is 5.89. The predicted molar refractivity (Wildman–Crippen MR) is 66.2 cm³/mol. The van der Waals surface area contributed by atoms with Gasteiger partial charge in [0.1, 0.15) is 5.75 Å². The van der Waals surface area contributed by atoms with Gasteiger partial charge in [-0.25, -0.2) is 0 Å². The summed E-state index contributed by atoms with van der Waals surface area (Å²) in [6.07, 6.45) is 1.89. The molecule has 0 fully saturated rings. The Morgan fingerprint density at radius 2 is 2.07 bits per heavy atom. The van der Waals surface area contributed by atoms with Gasteiger partial charge in [-0.15, -0.1) is 23.2 Å². The molecule has 1 aromatic carbocycles. The van der Waals surface area contributed by atoms with Crippen molar-refractivity contribution in [1.29, 1.82) is 0 Å². The molecule has 0 saturated heterocycles. The second kappa shape index (κ2) is 6.97. The van der Waals surface area contributed by atoms with Gasteiger partial charge in [0, 0.05) is 11.8 Å². The molecule has 0 N–H and O–H groups in total. The highest BCUT2D eigenvalue weighted by Gasteiger charge is 2.07. The molecule has 0 heterocycles. The minimum Gasteiger partial charge on any atom is -0.494 e. The number of hydrogen-bond acceptors (Lipinski definition) is 1. The normalized spacial score (nSPS) is 10.3. The molecule has 0 bridgehead atoms. The first-order valence-electron chi connectivity index (χ1n) is 5.19. The van der Waals surface area contributed by atoms with E-state index in [1.807, 2.05) is 25.1 Å². The fraction of sp³-hybridized carbons (Fsp3) is 0.500. The smallest absolute Gasteiger partial charge is 0.122 e. The molecule has 0 aliphatic carbocycles. The molecule has 0 aliphatic rings. The van der Waals surface area contributed by atoms with Gasteiger partial charge >= 0.3 is 0 Å². The van der Waals surface area contributed by atoms with Crippen LogP contribution in [0.5, 0.6) is 5.75 Å². The molecule has 0 saturated carbocycles. The summed E-state index contributed by atoms with van der Waals surface area (Å²) in [6, 6.07) is 6.01. The Kier molecular flexibility index (Phi) is 5.89. The molecule has 15 heavy (non-hydrogen) atoms. The molecule has 1 rings (SSSR count). The van der Waals surface area contributed by atoms with Crippen LogP contribution in [0.3, 0.4) is 0 Å². The van der Waals surface area contributed by atoms with E-state index in [2.05, 4.69) is 0 Å². The van der Waals surface area contributed by atoms with Crippen molar-refractivity contribution in [3.05, 3.63) is 29.3 Å². The molecular weight excluding hydrogens is 231 g/mol. The van der Waals surface area contributed by atoms with Gasteiger partial charge in [-0.05, 0) is 37.0 Å². The summed E-state index contributed by atoms with van der Waals surface area (Å²) < 4.78 is 5.57. The lowest BCUT2D eigenvalue weighted by Crippen LogP contribution is -2.00. The van der Waals surface area contributed by atoms with Crippen LogP contribution in [0.25, 0.3) is 0 Å². The van der Waals surface area contributed by atoms with Crippen molar-refractivity contribution in [3.8, 4) is 5.75 Å². The van der Waals surface area contributed by atoms with Crippen molar-refractivity contribution in [3.63, 3.8) is 0 Å². The van der Waals surface area contributed by atoms with Gasteiger partial charge in [0.05, 0.1) is 6.61 Å². The van der Waals surface area contributed by atoms with Crippen LogP contribution in [0.15, 0.2) is 18.2 Å². The highest BCUT2D eigenvalue weighted by molar-refractivity contribution is 6.18.